The lowest BCUT2D eigenvalue weighted by molar-refractivity contribution is -0.00338. The number of nitrogens with zero attached hydrogens (tertiary/aromatic N) is 5. The maximum Gasteiger partial charge on any atom is 0.275 e. The van der Waals surface area contributed by atoms with E-state index in [1.54, 1.807) is 11.8 Å². The maximum absolute atomic E-state index is 13.3. The average Bonchev–Trinajstić information content (AvgIpc) is 3.25. The number of carbonyl (C=O) groups is 1. The van der Waals surface area contributed by atoms with Crippen molar-refractivity contribution < 1.29 is 14.3 Å². The molecule has 1 aromatic carbocycles. The van der Waals surface area contributed by atoms with Gasteiger partial charge in [-0.1, -0.05) is 6.07 Å². The van der Waals surface area contributed by atoms with Crippen LogP contribution in [-0.4, -0.2) is 57.2 Å². The number of aryl methyl sites for hydroxylation is 3. The largest absolute Gasteiger partial charge is 0.497 e. The molecular weight excluding hydrogens is 382 g/mol. The normalized spacial score (nSPS) is 16.7. The van der Waals surface area contributed by atoms with E-state index < -0.39 is 0 Å². The Bertz CT molecular complexity index is 1070. The number of methoxy groups -OCH3 is 1. The Kier molecular flexibility index (Phi) is 5.34. The third-order valence-electron chi connectivity index (χ3n) is 5.70. The summed E-state index contributed by atoms with van der Waals surface area (Å²) in [6.07, 6.45) is 0. The van der Waals surface area contributed by atoms with E-state index in [0.717, 1.165) is 34.1 Å². The number of hydrogen-bond acceptors (Lipinski definition) is 5. The summed E-state index contributed by atoms with van der Waals surface area (Å²) in [7, 11) is 3.49. The summed E-state index contributed by atoms with van der Waals surface area (Å²) < 4.78 is 14.7. The van der Waals surface area contributed by atoms with Crippen LogP contribution >= 0.6 is 0 Å². The molecule has 30 heavy (non-hydrogen) atoms. The first-order valence-electron chi connectivity index (χ1n) is 10.0. The molecular formula is C22H27N5O3. The lowest BCUT2D eigenvalue weighted by Gasteiger charge is -2.35. The van der Waals surface area contributed by atoms with Gasteiger partial charge in [-0.05, 0) is 39.0 Å². The molecule has 1 amide bonds. The van der Waals surface area contributed by atoms with Gasteiger partial charge in [0.2, 0.25) is 0 Å². The Balaban J connectivity index is 1.72. The lowest BCUT2D eigenvalue weighted by atomic mass is 10.0. The van der Waals surface area contributed by atoms with E-state index in [0.29, 0.717) is 25.5 Å². The second kappa shape index (κ2) is 7.95. The first kappa shape index (κ1) is 20.2. The van der Waals surface area contributed by atoms with E-state index in [1.807, 2.05) is 67.7 Å². The van der Waals surface area contributed by atoms with Crippen LogP contribution in [0.4, 0.5) is 0 Å². The minimum absolute atomic E-state index is 0.0834. The molecule has 0 aliphatic carbocycles. The van der Waals surface area contributed by atoms with Crippen LogP contribution in [0.25, 0.3) is 5.69 Å². The van der Waals surface area contributed by atoms with Crippen molar-refractivity contribution in [3.8, 4) is 11.4 Å². The SMILES string of the molecule is COc1cccc(-n2nc(C)c([C@H]3COCCN3C(=O)c3cc(C)n(C)n3)c2C)c1. The highest BCUT2D eigenvalue weighted by atomic mass is 16.5. The molecule has 158 valence electrons. The molecule has 4 rings (SSSR count). The van der Waals surface area contributed by atoms with E-state index in [2.05, 4.69) is 5.10 Å². The third kappa shape index (κ3) is 3.47. The quantitative estimate of drug-likeness (QED) is 0.662. The first-order valence-corrected chi connectivity index (χ1v) is 10.0. The van der Waals surface area contributed by atoms with Crippen LogP contribution in [0.15, 0.2) is 30.3 Å². The van der Waals surface area contributed by atoms with Crippen LogP contribution in [0.1, 0.15) is 39.2 Å². The molecule has 0 saturated carbocycles. The molecule has 0 N–H and O–H groups in total. The molecule has 0 unspecified atom stereocenters. The van der Waals surface area contributed by atoms with Gasteiger partial charge in [0.25, 0.3) is 5.91 Å². The van der Waals surface area contributed by atoms with Gasteiger partial charge < -0.3 is 14.4 Å². The third-order valence-corrected chi connectivity index (χ3v) is 5.70. The van der Waals surface area contributed by atoms with Crippen molar-refractivity contribution in [3.05, 3.63) is 58.7 Å². The standard InChI is InChI=1S/C22H27N5O3/c1-14-11-19(24-25(14)4)22(28)26-9-10-30-13-20(26)21-15(2)23-27(16(21)3)17-7-6-8-18(12-17)29-5/h6-8,11-12,20H,9-10,13H2,1-5H3/t20-/m1/s1. The van der Waals surface area contributed by atoms with E-state index >= 15 is 0 Å². The molecule has 2 aromatic heterocycles. The zero-order valence-electron chi connectivity index (χ0n) is 18.0. The molecule has 8 nitrogen and oxygen atoms in total. The van der Waals surface area contributed by atoms with Crippen LogP contribution in [-0.2, 0) is 11.8 Å². The fourth-order valence-corrected chi connectivity index (χ4v) is 4.03. The van der Waals surface area contributed by atoms with Crippen LogP contribution in [0.3, 0.4) is 0 Å². The van der Waals surface area contributed by atoms with Crippen molar-refractivity contribution in [1.82, 2.24) is 24.5 Å². The maximum atomic E-state index is 13.3. The van der Waals surface area contributed by atoms with Crippen molar-refractivity contribution in [1.29, 1.82) is 0 Å². The Labute approximate surface area is 176 Å². The number of ether oxygens (including phenoxy) is 2. The van der Waals surface area contributed by atoms with Crippen LogP contribution in [0, 0.1) is 20.8 Å². The number of rotatable bonds is 4. The van der Waals surface area contributed by atoms with Crippen molar-refractivity contribution in [3.63, 3.8) is 0 Å². The zero-order chi connectivity index (χ0) is 21.4. The predicted octanol–water partition coefficient (Wildman–Crippen LogP) is 2.75. The summed E-state index contributed by atoms with van der Waals surface area (Å²) in [5.41, 5.74) is 5.18. The number of hydrogen-bond donors (Lipinski definition) is 0. The van der Waals surface area contributed by atoms with Gasteiger partial charge in [0.15, 0.2) is 5.69 Å². The van der Waals surface area contributed by atoms with Gasteiger partial charge in [-0.3, -0.25) is 9.48 Å². The molecule has 3 heterocycles. The minimum atomic E-state index is -0.215. The highest BCUT2D eigenvalue weighted by Gasteiger charge is 2.34. The summed E-state index contributed by atoms with van der Waals surface area (Å²) in [4.78, 5) is 15.1. The van der Waals surface area contributed by atoms with Crippen molar-refractivity contribution in [2.75, 3.05) is 26.9 Å². The Morgan fingerprint density at radius 2 is 2.00 bits per heavy atom. The van der Waals surface area contributed by atoms with Gasteiger partial charge in [0, 0.05) is 36.6 Å². The molecule has 3 aromatic rings. The molecule has 1 fully saturated rings. The van der Waals surface area contributed by atoms with Crippen LogP contribution in [0.5, 0.6) is 5.75 Å². The lowest BCUT2D eigenvalue weighted by Crippen LogP contribution is -2.44. The minimum Gasteiger partial charge on any atom is -0.497 e. The molecule has 1 atom stereocenters. The van der Waals surface area contributed by atoms with Gasteiger partial charge in [0.05, 0.1) is 37.7 Å². The molecule has 0 spiro atoms. The molecule has 0 radical (unpaired) electrons. The second-order valence-corrected chi connectivity index (χ2v) is 7.58. The van der Waals surface area contributed by atoms with Gasteiger partial charge in [-0.25, -0.2) is 4.68 Å². The van der Waals surface area contributed by atoms with E-state index in [4.69, 9.17) is 14.6 Å². The fraction of sp³-hybridized carbons (Fsp3) is 0.409. The highest BCUT2D eigenvalue weighted by Crippen LogP contribution is 2.32. The van der Waals surface area contributed by atoms with E-state index in [9.17, 15) is 4.79 Å². The van der Waals surface area contributed by atoms with E-state index in [-0.39, 0.29) is 11.9 Å². The average molecular weight is 409 g/mol. The van der Waals surface area contributed by atoms with E-state index in [1.165, 1.54) is 0 Å². The summed E-state index contributed by atoms with van der Waals surface area (Å²) in [5.74, 6) is 0.685. The molecule has 1 saturated heterocycles. The summed E-state index contributed by atoms with van der Waals surface area (Å²) >= 11 is 0. The van der Waals surface area contributed by atoms with Crippen LogP contribution < -0.4 is 4.74 Å². The van der Waals surface area contributed by atoms with Crippen LogP contribution in [0.2, 0.25) is 0 Å². The number of carbonyl (C=O) groups excluding carboxylic acids is 1. The first-order chi connectivity index (χ1) is 14.4. The Morgan fingerprint density at radius 1 is 1.20 bits per heavy atom. The Hall–Kier alpha value is -3.13. The monoisotopic (exact) mass is 409 g/mol. The van der Waals surface area contributed by atoms with Gasteiger partial charge in [0.1, 0.15) is 5.75 Å². The molecule has 1 aliphatic rings. The smallest absolute Gasteiger partial charge is 0.275 e. The molecule has 8 heteroatoms. The van der Waals surface area contributed by atoms with Crippen molar-refractivity contribution in [2.45, 2.75) is 26.8 Å². The highest BCUT2D eigenvalue weighted by molar-refractivity contribution is 5.92. The number of amides is 1. The predicted molar refractivity (Wildman–Crippen MR) is 112 cm³/mol. The van der Waals surface area contributed by atoms with Crippen molar-refractivity contribution in [2.24, 2.45) is 7.05 Å². The summed E-state index contributed by atoms with van der Waals surface area (Å²) in [6, 6.07) is 9.39. The summed E-state index contributed by atoms with van der Waals surface area (Å²) in [6.45, 7) is 7.40. The zero-order valence-corrected chi connectivity index (χ0v) is 18.0. The van der Waals surface area contributed by atoms with Crippen molar-refractivity contribution >= 4 is 5.91 Å². The van der Waals surface area contributed by atoms with Gasteiger partial charge in [-0.15, -0.1) is 0 Å². The fourth-order valence-electron chi connectivity index (χ4n) is 4.03. The van der Waals surface area contributed by atoms with Gasteiger partial charge in [-0.2, -0.15) is 10.2 Å². The summed E-state index contributed by atoms with van der Waals surface area (Å²) in [5, 5.41) is 9.14. The van der Waals surface area contributed by atoms with Gasteiger partial charge >= 0.3 is 0 Å². The number of aromatic nitrogens is 4. The molecule has 1 aliphatic heterocycles. The number of benzene rings is 1. The topological polar surface area (TPSA) is 74.4 Å². The Morgan fingerprint density at radius 3 is 2.70 bits per heavy atom. The second-order valence-electron chi connectivity index (χ2n) is 7.58. The molecule has 0 bridgehead atoms. The number of morpholine rings is 1.